The fourth-order valence-corrected chi connectivity index (χ4v) is 2.69. The van der Waals surface area contributed by atoms with Crippen LogP contribution in [0.1, 0.15) is 45.4 Å². The zero-order chi connectivity index (χ0) is 12.7. The molecule has 5 heteroatoms. The Labute approximate surface area is 109 Å². The fourth-order valence-electron chi connectivity index (χ4n) is 2.54. The van der Waals surface area contributed by atoms with E-state index in [1.807, 2.05) is 0 Å². The Morgan fingerprint density at radius 3 is 2.82 bits per heavy atom. The predicted molar refractivity (Wildman–Crippen MR) is 72.0 cm³/mol. The van der Waals surface area contributed by atoms with Crippen LogP contribution < -0.4 is 5.32 Å². The van der Waals surface area contributed by atoms with Crippen molar-refractivity contribution in [2.45, 2.75) is 51.5 Å². The summed E-state index contributed by atoms with van der Waals surface area (Å²) in [5.74, 6) is 0.605. The Morgan fingerprint density at radius 2 is 2.18 bits per heavy atom. The normalized spacial score (nSPS) is 24.4. The van der Waals surface area contributed by atoms with E-state index in [9.17, 15) is 4.79 Å². The van der Waals surface area contributed by atoms with Crippen molar-refractivity contribution in [3.8, 4) is 0 Å². The van der Waals surface area contributed by atoms with Crippen LogP contribution in [0, 0.1) is 5.92 Å². The van der Waals surface area contributed by atoms with Crippen LogP contribution in [0.5, 0.6) is 0 Å². The molecular formula is C12H24N2O2S. The zero-order valence-corrected chi connectivity index (χ0v) is 11.5. The van der Waals surface area contributed by atoms with Crippen LogP contribution in [-0.2, 0) is 0 Å². The monoisotopic (exact) mass is 260 g/mol. The molecule has 0 bridgehead atoms. The van der Waals surface area contributed by atoms with E-state index in [0.29, 0.717) is 5.92 Å². The molecule has 0 unspecified atom stereocenters. The first kappa shape index (κ1) is 14.6. The highest BCUT2D eigenvalue weighted by Gasteiger charge is 2.26. The highest BCUT2D eigenvalue weighted by atomic mass is 32.1. The minimum atomic E-state index is -0.185. The van der Waals surface area contributed by atoms with E-state index in [0.717, 1.165) is 12.8 Å². The summed E-state index contributed by atoms with van der Waals surface area (Å²) < 4.78 is 1.25. The molecule has 1 fully saturated rings. The Morgan fingerprint density at radius 1 is 1.47 bits per heavy atom. The van der Waals surface area contributed by atoms with Gasteiger partial charge in [-0.05, 0) is 25.2 Å². The number of aliphatic hydroxyl groups is 1. The molecule has 0 aromatic carbocycles. The van der Waals surface area contributed by atoms with Crippen molar-refractivity contribution < 1.29 is 9.90 Å². The molecule has 100 valence electrons. The van der Waals surface area contributed by atoms with Crippen molar-refractivity contribution in [3.05, 3.63) is 0 Å². The lowest BCUT2D eigenvalue weighted by atomic mass is 9.82. The molecule has 1 aliphatic rings. The number of thiol groups is 1. The molecule has 4 nitrogen and oxygen atoms in total. The molecule has 0 heterocycles. The van der Waals surface area contributed by atoms with Crippen LogP contribution >= 0.6 is 12.8 Å². The zero-order valence-electron chi connectivity index (χ0n) is 10.6. The molecule has 0 aromatic rings. The van der Waals surface area contributed by atoms with E-state index in [1.54, 1.807) is 0 Å². The summed E-state index contributed by atoms with van der Waals surface area (Å²) in [7, 11) is 0. The van der Waals surface area contributed by atoms with Gasteiger partial charge in [0.1, 0.15) is 0 Å². The first-order valence-electron chi connectivity index (χ1n) is 6.56. The van der Waals surface area contributed by atoms with Crippen molar-refractivity contribution in [3.63, 3.8) is 0 Å². The van der Waals surface area contributed by atoms with Crippen molar-refractivity contribution in [2.75, 3.05) is 13.2 Å². The maximum absolute atomic E-state index is 11.8. The van der Waals surface area contributed by atoms with Gasteiger partial charge in [-0.1, -0.05) is 39.0 Å². The van der Waals surface area contributed by atoms with Crippen molar-refractivity contribution in [1.82, 2.24) is 9.62 Å². The van der Waals surface area contributed by atoms with Gasteiger partial charge in [0.25, 0.3) is 0 Å². The molecule has 1 rings (SSSR count). The third-order valence-electron chi connectivity index (χ3n) is 3.42. The van der Waals surface area contributed by atoms with Crippen LogP contribution in [-0.4, -0.2) is 34.6 Å². The van der Waals surface area contributed by atoms with Crippen LogP contribution in [0.15, 0.2) is 0 Å². The van der Waals surface area contributed by atoms with Gasteiger partial charge in [0, 0.05) is 6.04 Å². The SMILES string of the molecule is CCC[C@@H]1CCCC[C@H]1NC(=O)N(S)CCO. The third kappa shape index (κ3) is 4.76. The largest absolute Gasteiger partial charge is 0.394 e. The van der Waals surface area contributed by atoms with E-state index >= 15 is 0 Å². The van der Waals surface area contributed by atoms with Gasteiger partial charge in [-0.2, -0.15) is 0 Å². The molecule has 2 amide bonds. The maximum Gasteiger partial charge on any atom is 0.327 e. The van der Waals surface area contributed by atoms with E-state index in [-0.39, 0.29) is 25.2 Å². The van der Waals surface area contributed by atoms with Crippen molar-refractivity contribution in [1.29, 1.82) is 0 Å². The van der Waals surface area contributed by atoms with Crippen molar-refractivity contribution in [2.24, 2.45) is 5.92 Å². The smallest absolute Gasteiger partial charge is 0.327 e. The van der Waals surface area contributed by atoms with Gasteiger partial charge in [-0.3, -0.25) is 4.31 Å². The Balaban J connectivity index is 2.43. The molecule has 2 N–H and O–H groups in total. The van der Waals surface area contributed by atoms with E-state index < -0.39 is 0 Å². The fraction of sp³-hybridized carbons (Fsp3) is 0.917. The van der Waals surface area contributed by atoms with Gasteiger partial charge in [0.05, 0.1) is 13.2 Å². The van der Waals surface area contributed by atoms with Crippen molar-refractivity contribution >= 4 is 18.8 Å². The summed E-state index contributed by atoms with van der Waals surface area (Å²) in [4.78, 5) is 11.8. The van der Waals surface area contributed by atoms with E-state index in [4.69, 9.17) is 5.11 Å². The Kier molecular flexibility index (Phi) is 6.73. The summed E-state index contributed by atoms with van der Waals surface area (Å²) >= 11 is 4.05. The number of rotatable bonds is 5. The Bertz CT molecular complexity index is 237. The first-order valence-corrected chi connectivity index (χ1v) is 6.96. The number of hydrogen-bond donors (Lipinski definition) is 3. The number of amides is 2. The van der Waals surface area contributed by atoms with Gasteiger partial charge >= 0.3 is 6.03 Å². The van der Waals surface area contributed by atoms with Crippen LogP contribution in [0.3, 0.4) is 0 Å². The van der Waals surface area contributed by atoms with E-state index in [2.05, 4.69) is 25.1 Å². The number of carbonyl (C=O) groups is 1. The van der Waals surface area contributed by atoms with Crippen LogP contribution in [0.4, 0.5) is 4.79 Å². The molecular weight excluding hydrogens is 236 g/mol. The summed E-state index contributed by atoms with van der Waals surface area (Å²) in [5.41, 5.74) is 0. The van der Waals surface area contributed by atoms with Gasteiger partial charge in [-0.15, -0.1) is 0 Å². The van der Waals surface area contributed by atoms with Gasteiger partial charge < -0.3 is 10.4 Å². The van der Waals surface area contributed by atoms with Gasteiger partial charge in [0.2, 0.25) is 0 Å². The maximum atomic E-state index is 11.8. The number of hydrogen-bond acceptors (Lipinski definition) is 3. The quantitative estimate of drug-likeness (QED) is 0.664. The number of urea groups is 1. The van der Waals surface area contributed by atoms with Crippen LogP contribution in [0.2, 0.25) is 0 Å². The highest BCUT2D eigenvalue weighted by molar-refractivity contribution is 7.78. The standard InChI is InChI=1S/C12H24N2O2S/c1-2-5-10-6-3-4-7-11(10)13-12(16)14(17)8-9-15/h10-11,15,17H,2-9H2,1H3,(H,13,16)/t10-,11-/m1/s1. The topological polar surface area (TPSA) is 52.6 Å². The molecule has 0 saturated heterocycles. The highest BCUT2D eigenvalue weighted by Crippen LogP contribution is 2.28. The summed E-state index contributed by atoms with van der Waals surface area (Å²) in [5, 5.41) is 11.8. The molecule has 0 radical (unpaired) electrons. The van der Waals surface area contributed by atoms with E-state index in [1.165, 1.54) is 30.0 Å². The lowest BCUT2D eigenvalue weighted by Crippen LogP contribution is -2.46. The lowest BCUT2D eigenvalue weighted by molar-refractivity contribution is 0.193. The number of nitrogens with one attached hydrogen (secondary N) is 1. The van der Waals surface area contributed by atoms with Crippen LogP contribution in [0.25, 0.3) is 0 Å². The molecule has 17 heavy (non-hydrogen) atoms. The second-order valence-corrected chi connectivity index (χ2v) is 5.22. The molecule has 0 aliphatic heterocycles. The second-order valence-electron chi connectivity index (χ2n) is 4.74. The summed E-state index contributed by atoms with van der Waals surface area (Å²) in [6.07, 6.45) is 7.09. The number of aliphatic hydroxyl groups excluding tert-OH is 1. The molecule has 1 saturated carbocycles. The third-order valence-corrected chi connectivity index (χ3v) is 3.81. The predicted octanol–water partition coefficient (Wildman–Crippen LogP) is 2.19. The molecule has 0 aromatic heterocycles. The van der Waals surface area contributed by atoms with Gasteiger partial charge in [0.15, 0.2) is 0 Å². The Hall–Kier alpha value is -0.420. The average molecular weight is 260 g/mol. The first-order chi connectivity index (χ1) is 8.19. The minimum absolute atomic E-state index is 0.0556. The second kappa shape index (κ2) is 7.82. The van der Waals surface area contributed by atoms with Gasteiger partial charge in [-0.25, -0.2) is 4.79 Å². The number of carbonyl (C=O) groups excluding carboxylic acids is 1. The number of nitrogens with zero attached hydrogens (tertiary/aromatic N) is 1. The summed E-state index contributed by atoms with van der Waals surface area (Å²) in [6.45, 7) is 2.39. The average Bonchev–Trinajstić information content (AvgIpc) is 2.32. The minimum Gasteiger partial charge on any atom is -0.394 e. The molecule has 0 spiro atoms. The summed E-state index contributed by atoms with van der Waals surface area (Å²) in [6, 6.07) is 0.0972. The lowest BCUT2D eigenvalue weighted by Gasteiger charge is -2.33. The molecule has 2 atom stereocenters. The molecule has 1 aliphatic carbocycles.